The van der Waals surface area contributed by atoms with E-state index in [1.54, 1.807) is 0 Å². The molecule has 84 heavy (non-hydrogen) atoms. The third-order valence-electron chi connectivity index (χ3n) is 26.5. The van der Waals surface area contributed by atoms with Crippen LogP contribution in [0.2, 0.25) is 0 Å². The van der Waals surface area contributed by atoms with E-state index >= 15 is 0 Å². The lowest BCUT2D eigenvalue weighted by Crippen LogP contribution is -2.31. The second-order valence-electron chi connectivity index (χ2n) is 36.3. The Morgan fingerprint density at radius 2 is 0.726 bits per heavy atom. The molecule has 0 aromatic heterocycles. The van der Waals surface area contributed by atoms with Crippen LogP contribution in [0.25, 0.3) is 0 Å². The summed E-state index contributed by atoms with van der Waals surface area (Å²) in [6, 6.07) is 0. The van der Waals surface area contributed by atoms with Gasteiger partial charge in [-0.1, -0.05) is 327 Å². The van der Waals surface area contributed by atoms with Gasteiger partial charge in [-0.25, -0.2) is 0 Å². The average Bonchev–Trinajstić information content (AvgIpc) is 4.24. The Hall–Kier alpha value is 0. The molecule has 4 unspecified atom stereocenters. The van der Waals surface area contributed by atoms with Crippen molar-refractivity contribution in [3.05, 3.63) is 0 Å². The minimum Gasteiger partial charge on any atom is -0.0654 e. The second-order valence-corrected chi connectivity index (χ2v) is 36.3. The third kappa shape index (κ3) is 34.4. The van der Waals surface area contributed by atoms with E-state index in [-0.39, 0.29) is 0 Å². The minimum atomic E-state index is 0.681. The van der Waals surface area contributed by atoms with Gasteiger partial charge in [0, 0.05) is 0 Å². The van der Waals surface area contributed by atoms with Crippen LogP contribution in [0.3, 0.4) is 0 Å². The van der Waals surface area contributed by atoms with Crippen LogP contribution in [0.15, 0.2) is 0 Å². The van der Waals surface area contributed by atoms with Crippen LogP contribution in [0, 0.1) is 109 Å². The van der Waals surface area contributed by atoms with Crippen LogP contribution in [-0.4, -0.2) is 0 Å². The van der Waals surface area contributed by atoms with Gasteiger partial charge in [0.25, 0.3) is 0 Å². The molecule has 0 N–H and O–H groups in total. The Balaban J connectivity index is 0.000000458. The highest BCUT2D eigenvalue weighted by Crippen LogP contribution is 2.47. The molecule has 12 saturated carbocycles. The molecule has 6 atom stereocenters. The van der Waals surface area contributed by atoms with Crippen molar-refractivity contribution in [3.63, 3.8) is 0 Å². The summed E-state index contributed by atoms with van der Waals surface area (Å²) in [6.07, 6.45) is 58.6. The first-order chi connectivity index (χ1) is 39.3. The smallest absolute Gasteiger partial charge is 0.0328 e. The largest absolute Gasteiger partial charge is 0.0654 e. The highest BCUT2D eigenvalue weighted by Gasteiger charge is 2.36. The van der Waals surface area contributed by atoms with E-state index in [9.17, 15) is 0 Å². The van der Waals surface area contributed by atoms with Gasteiger partial charge in [-0.2, -0.15) is 0 Å². The summed E-state index contributed by atoms with van der Waals surface area (Å²) in [5.74, 6) is 13.6. The maximum atomic E-state index is 2.39. The molecule has 0 nitrogen and oxygen atoms in total. The molecule has 0 saturated heterocycles. The first kappa shape index (κ1) is 82.0. The predicted molar refractivity (Wildman–Crippen MR) is 386 cm³/mol. The molecular formula is C84H168. The Kier molecular flexibility index (Phi) is 41.2. The molecule has 0 aromatic carbocycles. The van der Waals surface area contributed by atoms with Crippen LogP contribution in [0.4, 0.5) is 0 Å². The monoisotopic (exact) mass is 1180 g/mol. The van der Waals surface area contributed by atoms with Gasteiger partial charge < -0.3 is 0 Å². The van der Waals surface area contributed by atoms with Gasteiger partial charge in [0.2, 0.25) is 0 Å². The zero-order valence-corrected chi connectivity index (χ0v) is 63.8. The van der Waals surface area contributed by atoms with Crippen molar-refractivity contribution in [2.75, 3.05) is 0 Å². The SMILES string of the molecule is CC(C)C1CCC1.CC1(C)CCCC1.CC1CC(C)(C)C1.CC1CCC1(C)C.CCC1(C)CCC1.CCC1(C)CCC1.CCC1CC(C)C1.CCC1CCC1C.CCC1CCCC1.CCC1CC[C@@H]1C.CCCC1CCC1.C[C@H]1CCC1(C)C. The van der Waals surface area contributed by atoms with Crippen molar-refractivity contribution >= 4 is 0 Å². The molecule has 0 heterocycles. The fourth-order valence-corrected chi connectivity index (χ4v) is 15.2. The molecule has 0 heteroatoms. The van der Waals surface area contributed by atoms with Crippen LogP contribution in [-0.2, 0) is 0 Å². The second kappa shape index (κ2) is 42.2. The standard InChI is InChI=1S/12C7H14/c1-6-4-7(2,3)5-6;2*1-6-4-5-7(6,2)3;1-7(2)5-3-4-6-7;1-6(2)7-4-3-5-7;1-3-7-4-6(2)5-7;2*1-3-7(2)5-4-6-7;2*1-3-7-5-4-6(7)2;1-2-7-5-3-4-6-7;1-2-4-7-5-3-6-7/h3*6H,4-5H2,1-3H3;3-6H2,1-2H3;2*6-7H,3-5H2,1-2H3;2*3-6H2,1-2H3;2*6-7H,3-5H2,1-2H3;2*7H,2-6H2,1H3/t;6-;;;;;;;6-,7?;;;/m.0......0.../s1. The van der Waals surface area contributed by atoms with Gasteiger partial charge in [-0.15, -0.1) is 0 Å². The van der Waals surface area contributed by atoms with Crippen LogP contribution in [0.5, 0.6) is 0 Å². The summed E-state index contributed by atoms with van der Waals surface area (Å²) in [7, 11) is 0. The molecular weight excluding hydrogens is 1010 g/mol. The molecule has 504 valence electrons. The van der Waals surface area contributed by atoms with E-state index in [0.29, 0.717) is 21.7 Å². The fourth-order valence-electron chi connectivity index (χ4n) is 15.2. The minimum absolute atomic E-state index is 0.681. The Bertz CT molecular complexity index is 1400. The van der Waals surface area contributed by atoms with Gasteiger partial charge >= 0.3 is 0 Å². The molecule has 12 rings (SSSR count). The summed E-state index contributed by atoms with van der Waals surface area (Å²) >= 11 is 0. The maximum absolute atomic E-state index is 2.39. The van der Waals surface area contributed by atoms with Crippen LogP contribution < -0.4 is 0 Å². The first-order valence-corrected chi connectivity index (χ1v) is 39.3. The van der Waals surface area contributed by atoms with E-state index < -0.39 is 0 Å². The highest BCUT2D eigenvalue weighted by molar-refractivity contribution is 4.87. The predicted octanol–water partition coefficient (Wildman–Crippen LogP) is 30.0. The lowest BCUT2D eigenvalue weighted by atomic mass is 9.64. The van der Waals surface area contributed by atoms with Gasteiger partial charge in [0.1, 0.15) is 0 Å². The Morgan fingerprint density at radius 1 is 0.345 bits per heavy atom. The van der Waals surface area contributed by atoms with E-state index in [1.165, 1.54) is 257 Å². The summed E-state index contributed by atoms with van der Waals surface area (Å²) in [4.78, 5) is 0. The molecule has 12 aliphatic rings. The van der Waals surface area contributed by atoms with Crippen molar-refractivity contribution in [3.8, 4) is 0 Å². The van der Waals surface area contributed by atoms with E-state index in [0.717, 1.165) is 87.8 Å². The highest BCUT2D eigenvalue weighted by atomic mass is 14.4. The van der Waals surface area contributed by atoms with Crippen molar-refractivity contribution < 1.29 is 0 Å². The maximum Gasteiger partial charge on any atom is -0.0328 e. The van der Waals surface area contributed by atoms with Crippen molar-refractivity contribution in [2.45, 2.75) is 430 Å². The number of rotatable bonds is 9. The lowest BCUT2D eigenvalue weighted by Gasteiger charge is -2.42. The number of hydrogen-bond donors (Lipinski definition) is 0. The molecule has 0 radical (unpaired) electrons. The summed E-state index contributed by atoms with van der Waals surface area (Å²) in [6.45, 7) is 58.3. The topological polar surface area (TPSA) is 0 Å². The van der Waals surface area contributed by atoms with Crippen molar-refractivity contribution in [1.29, 1.82) is 0 Å². The van der Waals surface area contributed by atoms with Gasteiger partial charge in [0.05, 0.1) is 0 Å². The van der Waals surface area contributed by atoms with Crippen LogP contribution in [0.1, 0.15) is 430 Å². The molecule has 0 spiro atoms. The third-order valence-corrected chi connectivity index (χ3v) is 26.5. The number of hydrogen-bond acceptors (Lipinski definition) is 0. The van der Waals surface area contributed by atoms with Gasteiger partial charge in [0.15, 0.2) is 0 Å². The quantitative estimate of drug-likeness (QED) is 0.216. The first-order valence-electron chi connectivity index (χ1n) is 39.3. The Morgan fingerprint density at radius 3 is 0.786 bits per heavy atom. The summed E-state index contributed by atoms with van der Waals surface area (Å²) in [5, 5.41) is 0. The molecule has 0 aliphatic heterocycles. The van der Waals surface area contributed by atoms with Crippen molar-refractivity contribution in [1.82, 2.24) is 0 Å². The van der Waals surface area contributed by atoms with Crippen molar-refractivity contribution in [2.24, 2.45) is 109 Å². The van der Waals surface area contributed by atoms with Crippen LogP contribution >= 0.6 is 0 Å². The molecule has 0 aromatic rings. The molecule has 0 bridgehead atoms. The zero-order chi connectivity index (χ0) is 63.8. The molecule has 12 aliphatic carbocycles. The molecule has 12 fully saturated rings. The van der Waals surface area contributed by atoms with Gasteiger partial charge in [-0.3, -0.25) is 0 Å². The van der Waals surface area contributed by atoms with E-state index in [2.05, 4.69) is 173 Å². The zero-order valence-electron chi connectivity index (χ0n) is 63.8. The normalized spacial score (nSPS) is 31.2. The Labute approximate surface area is 536 Å². The summed E-state index contributed by atoms with van der Waals surface area (Å²) in [5.41, 5.74) is 4.28. The summed E-state index contributed by atoms with van der Waals surface area (Å²) < 4.78 is 0. The molecule has 0 amide bonds. The average molecular weight is 1180 g/mol. The van der Waals surface area contributed by atoms with E-state index in [4.69, 9.17) is 0 Å². The van der Waals surface area contributed by atoms with E-state index in [1.807, 2.05) is 0 Å². The fraction of sp³-hybridized carbons (Fsp3) is 1.00. The lowest BCUT2D eigenvalue weighted by molar-refractivity contribution is 0.0891. The van der Waals surface area contributed by atoms with Gasteiger partial charge in [-0.05, 0) is 212 Å².